The highest BCUT2D eigenvalue weighted by Crippen LogP contribution is 2.20. The third-order valence-electron chi connectivity index (χ3n) is 3.85. The maximum atomic E-state index is 12.6. The first-order valence-corrected chi connectivity index (χ1v) is 8.38. The largest absolute Gasteiger partial charge is 0.478 e. The van der Waals surface area contributed by atoms with Crippen LogP contribution in [0.5, 0.6) is 0 Å². The quantitative estimate of drug-likeness (QED) is 0.901. The Labute approximate surface area is 125 Å². The molecule has 6 nitrogen and oxygen atoms in total. The van der Waals surface area contributed by atoms with Crippen molar-refractivity contribution in [1.29, 1.82) is 0 Å². The van der Waals surface area contributed by atoms with Gasteiger partial charge in [0.1, 0.15) is 0 Å². The summed E-state index contributed by atoms with van der Waals surface area (Å²) in [5.41, 5.74) is -0.0173. The van der Waals surface area contributed by atoms with Crippen molar-refractivity contribution < 1.29 is 18.3 Å². The highest BCUT2D eigenvalue weighted by atomic mass is 32.2. The molecule has 1 aliphatic heterocycles. The van der Waals surface area contributed by atoms with Crippen LogP contribution >= 0.6 is 0 Å². The molecule has 0 amide bonds. The van der Waals surface area contributed by atoms with E-state index in [1.165, 1.54) is 28.6 Å². The summed E-state index contributed by atoms with van der Waals surface area (Å²) in [4.78, 5) is 13.2. The Morgan fingerprint density at radius 1 is 1.38 bits per heavy atom. The van der Waals surface area contributed by atoms with Gasteiger partial charge in [-0.15, -0.1) is 0 Å². The van der Waals surface area contributed by atoms with Gasteiger partial charge in [-0.3, -0.25) is 4.90 Å². The number of benzene rings is 1. The normalized spacial score (nSPS) is 21.3. The van der Waals surface area contributed by atoms with Crippen LogP contribution in [0.15, 0.2) is 29.2 Å². The Morgan fingerprint density at radius 2 is 2.10 bits per heavy atom. The summed E-state index contributed by atoms with van der Waals surface area (Å²) in [6, 6.07) is 5.66. The maximum absolute atomic E-state index is 12.6. The number of hydrogen-bond donors (Lipinski definition) is 1. The highest BCUT2D eigenvalue weighted by molar-refractivity contribution is 7.89. The van der Waals surface area contributed by atoms with E-state index in [0.717, 1.165) is 6.54 Å². The van der Waals surface area contributed by atoms with Crippen molar-refractivity contribution >= 4 is 16.0 Å². The van der Waals surface area contributed by atoms with E-state index in [2.05, 4.69) is 11.8 Å². The van der Waals surface area contributed by atoms with E-state index in [9.17, 15) is 13.2 Å². The van der Waals surface area contributed by atoms with Crippen LogP contribution in [0.2, 0.25) is 0 Å². The number of hydrogen-bond acceptors (Lipinski definition) is 4. The minimum Gasteiger partial charge on any atom is -0.478 e. The lowest BCUT2D eigenvalue weighted by atomic mass is 10.2. The van der Waals surface area contributed by atoms with E-state index in [4.69, 9.17) is 5.11 Å². The van der Waals surface area contributed by atoms with Gasteiger partial charge in [0.2, 0.25) is 10.0 Å². The zero-order chi connectivity index (χ0) is 15.6. The number of likely N-dealkylation sites (N-methyl/N-ethyl adjacent to an activating group) is 1. The van der Waals surface area contributed by atoms with Crippen molar-refractivity contribution in [3.05, 3.63) is 29.8 Å². The Kier molecular flexibility index (Phi) is 4.65. The van der Waals surface area contributed by atoms with Crippen molar-refractivity contribution in [2.75, 3.05) is 26.2 Å². The molecule has 2 rings (SSSR count). The first kappa shape index (κ1) is 15.9. The van der Waals surface area contributed by atoms with Crippen molar-refractivity contribution in [1.82, 2.24) is 9.21 Å². The summed E-state index contributed by atoms with van der Waals surface area (Å²) in [7, 11) is -3.64. The third-order valence-corrected chi connectivity index (χ3v) is 5.71. The molecule has 1 aliphatic rings. The van der Waals surface area contributed by atoms with E-state index in [1.54, 1.807) is 0 Å². The number of aromatic carboxylic acids is 1. The molecule has 1 aromatic carbocycles. The van der Waals surface area contributed by atoms with Crippen molar-refractivity contribution in [2.45, 2.75) is 24.8 Å². The van der Waals surface area contributed by atoms with Gasteiger partial charge < -0.3 is 5.11 Å². The second-order valence-corrected chi connectivity index (χ2v) is 7.11. The standard InChI is InChI=1S/C14H20N2O4S/c1-3-15-7-8-16(10-11(15)2)21(19,20)13-6-4-5-12(9-13)14(17)18/h4-6,9,11H,3,7-8,10H2,1-2H3,(H,17,18). The van der Waals surface area contributed by atoms with Gasteiger partial charge >= 0.3 is 5.97 Å². The molecule has 1 fully saturated rings. The van der Waals surface area contributed by atoms with Gasteiger partial charge in [-0.05, 0) is 31.7 Å². The summed E-state index contributed by atoms with van der Waals surface area (Å²) < 4.78 is 26.7. The number of carbonyl (C=O) groups is 1. The van der Waals surface area contributed by atoms with Crippen molar-refractivity contribution in [2.24, 2.45) is 0 Å². The molecule has 7 heteroatoms. The van der Waals surface area contributed by atoms with Crippen LogP contribution in [0.1, 0.15) is 24.2 Å². The lowest BCUT2D eigenvalue weighted by Crippen LogP contribution is -2.53. The van der Waals surface area contributed by atoms with Crippen LogP contribution in [-0.2, 0) is 10.0 Å². The molecule has 0 spiro atoms. The van der Waals surface area contributed by atoms with E-state index in [1.807, 2.05) is 6.92 Å². The predicted octanol–water partition coefficient (Wildman–Crippen LogP) is 1.10. The van der Waals surface area contributed by atoms with Crippen LogP contribution < -0.4 is 0 Å². The molecule has 0 aromatic heterocycles. The smallest absolute Gasteiger partial charge is 0.335 e. The van der Waals surface area contributed by atoms with Crippen LogP contribution in [0.3, 0.4) is 0 Å². The molecule has 1 aromatic rings. The average molecular weight is 312 g/mol. The molecule has 0 radical (unpaired) electrons. The molecule has 21 heavy (non-hydrogen) atoms. The number of rotatable bonds is 4. The fraction of sp³-hybridized carbons (Fsp3) is 0.500. The fourth-order valence-electron chi connectivity index (χ4n) is 2.59. The average Bonchev–Trinajstić information content (AvgIpc) is 2.47. The Bertz CT molecular complexity index is 630. The lowest BCUT2D eigenvalue weighted by Gasteiger charge is -2.38. The molecule has 1 atom stereocenters. The Balaban J connectivity index is 2.26. The van der Waals surface area contributed by atoms with Crippen LogP contribution in [0.25, 0.3) is 0 Å². The minimum absolute atomic E-state index is 0.0173. The lowest BCUT2D eigenvalue weighted by molar-refractivity contribution is 0.0696. The predicted molar refractivity (Wildman–Crippen MR) is 78.9 cm³/mol. The van der Waals surface area contributed by atoms with E-state index >= 15 is 0 Å². The van der Waals surface area contributed by atoms with E-state index in [-0.39, 0.29) is 16.5 Å². The molecule has 1 N–H and O–H groups in total. The Hall–Kier alpha value is -1.44. The number of piperazine rings is 1. The van der Waals surface area contributed by atoms with Crippen LogP contribution in [0.4, 0.5) is 0 Å². The second-order valence-electron chi connectivity index (χ2n) is 5.17. The topological polar surface area (TPSA) is 77.9 Å². The van der Waals surface area contributed by atoms with E-state index < -0.39 is 16.0 Å². The summed E-state index contributed by atoms with van der Waals surface area (Å²) in [6.07, 6.45) is 0. The van der Waals surface area contributed by atoms with E-state index in [0.29, 0.717) is 19.6 Å². The summed E-state index contributed by atoms with van der Waals surface area (Å²) in [5, 5.41) is 8.98. The molecule has 0 saturated carbocycles. The number of carboxylic acids is 1. The summed E-state index contributed by atoms with van der Waals surface area (Å²) >= 11 is 0. The number of nitrogens with zero attached hydrogens (tertiary/aromatic N) is 2. The maximum Gasteiger partial charge on any atom is 0.335 e. The van der Waals surface area contributed by atoms with Crippen LogP contribution in [0, 0.1) is 0 Å². The van der Waals surface area contributed by atoms with Gasteiger partial charge in [-0.2, -0.15) is 4.31 Å². The first-order chi connectivity index (χ1) is 9.86. The molecule has 1 heterocycles. The zero-order valence-electron chi connectivity index (χ0n) is 12.2. The first-order valence-electron chi connectivity index (χ1n) is 6.93. The van der Waals surface area contributed by atoms with Crippen LogP contribution in [-0.4, -0.2) is 60.9 Å². The molecule has 1 unspecified atom stereocenters. The molecule has 1 saturated heterocycles. The molecule has 0 aliphatic carbocycles. The van der Waals surface area contributed by atoms with Gasteiger partial charge in [0.05, 0.1) is 10.5 Å². The minimum atomic E-state index is -3.64. The Morgan fingerprint density at radius 3 is 2.67 bits per heavy atom. The second kappa shape index (κ2) is 6.13. The monoisotopic (exact) mass is 312 g/mol. The summed E-state index contributed by atoms with van der Waals surface area (Å²) in [6.45, 7) is 6.49. The van der Waals surface area contributed by atoms with Gasteiger partial charge in [0, 0.05) is 25.7 Å². The SMILES string of the molecule is CCN1CCN(S(=O)(=O)c2cccc(C(=O)O)c2)CC1C. The summed E-state index contributed by atoms with van der Waals surface area (Å²) in [5.74, 6) is -1.13. The van der Waals surface area contributed by atoms with Gasteiger partial charge in [0.25, 0.3) is 0 Å². The van der Waals surface area contributed by atoms with Gasteiger partial charge in [0.15, 0.2) is 0 Å². The number of carboxylic acid groups (broad SMARTS) is 1. The highest BCUT2D eigenvalue weighted by Gasteiger charge is 2.31. The zero-order valence-corrected chi connectivity index (χ0v) is 13.0. The van der Waals surface area contributed by atoms with Crippen molar-refractivity contribution in [3.8, 4) is 0 Å². The van der Waals surface area contributed by atoms with Gasteiger partial charge in [-0.25, -0.2) is 13.2 Å². The fourth-order valence-corrected chi connectivity index (χ4v) is 4.15. The molecule has 0 bridgehead atoms. The molecular formula is C14H20N2O4S. The number of sulfonamides is 1. The third kappa shape index (κ3) is 3.25. The molecular weight excluding hydrogens is 292 g/mol. The van der Waals surface area contributed by atoms with Gasteiger partial charge in [-0.1, -0.05) is 13.0 Å². The molecule has 116 valence electrons. The van der Waals surface area contributed by atoms with Crippen molar-refractivity contribution in [3.63, 3.8) is 0 Å².